The predicted molar refractivity (Wildman–Crippen MR) is 142 cm³/mol. The summed E-state index contributed by atoms with van der Waals surface area (Å²) in [7, 11) is 2.10. The van der Waals surface area contributed by atoms with Crippen LogP contribution in [0.15, 0.2) is 51.7 Å². The first-order valence-corrected chi connectivity index (χ1v) is 12.7. The third kappa shape index (κ3) is 5.24. The van der Waals surface area contributed by atoms with Crippen LogP contribution in [-0.4, -0.2) is 74.2 Å². The first kappa shape index (κ1) is 24.3. The van der Waals surface area contributed by atoms with Gasteiger partial charge in [0.15, 0.2) is 16.6 Å². The molecule has 36 heavy (non-hydrogen) atoms. The molecular weight excluding hydrogens is 456 g/mol. The van der Waals surface area contributed by atoms with Crippen molar-refractivity contribution in [1.29, 1.82) is 0 Å². The zero-order valence-corrected chi connectivity index (χ0v) is 21.2. The fraction of sp³-hybridized carbons (Fsp3) is 0.429. The van der Waals surface area contributed by atoms with E-state index >= 15 is 0 Å². The molecule has 190 valence electrons. The molecule has 0 spiro atoms. The van der Waals surface area contributed by atoms with Gasteiger partial charge in [-0.25, -0.2) is 0 Å². The third-order valence-electron chi connectivity index (χ3n) is 6.93. The molecule has 1 aromatic carbocycles. The van der Waals surface area contributed by atoms with Crippen molar-refractivity contribution in [2.75, 3.05) is 56.5 Å². The number of carbonyl (C=O) groups is 1. The Labute approximate surface area is 211 Å². The molecule has 2 aliphatic heterocycles. The van der Waals surface area contributed by atoms with Crippen molar-refractivity contribution in [3.63, 3.8) is 0 Å². The molecule has 8 nitrogen and oxygen atoms in total. The van der Waals surface area contributed by atoms with Crippen molar-refractivity contribution < 1.29 is 13.9 Å². The molecule has 2 unspecified atom stereocenters. The van der Waals surface area contributed by atoms with Crippen LogP contribution in [0.5, 0.6) is 0 Å². The highest BCUT2D eigenvalue weighted by Crippen LogP contribution is 2.22. The number of amides is 1. The largest absolute Gasteiger partial charge is 0.448 e. The summed E-state index contributed by atoms with van der Waals surface area (Å²) in [5.74, 6) is -0.434. The minimum absolute atomic E-state index is 0.00832. The molecule has 1 amide bonds. The van der Waals surface area contributed by atoms with Crippen LogP contribution in [0.3, 0.4) is 0 Å². The van der Waals surface area contributed by atoms with Gasteiger partial charge in [-0.05, 0) is 57.7 Å². The fourth-order valence-corrected chi connectivity index (χ4v) is 5.07. The number of hydrogen-bond donors (Lipinski definition) is 1. The van der Waals surface area contributed by atoms with E-state index in [0.717, 1.165) is 50.7 Å². The summed E-state index contributed by atoms with van der Waals surface area (Å²) in [4.78, 5) is 32.9. The number of ether oxygens (including phenoxy) is 1. The highest BCUT2D eigenvalue weighted by molar-refractivity contribution is 6.02. The molecule has 2 aromatic rings. The molecule has 0 bridgehead atoms. The SMILES string of the molecule is CC1CN(c2ccc(NC(=O)c3cc(=O)c4c(o3)=C(N3CCN(C)CC3)C=CCC=4)cc2)CC(C)O1. The smallest absolute Gasteiger partial charge is 0.291 e. The van der Waals surface area contributed by atoms with Gasteiger partial charge in [0, 0.05) is 56.7 Å². The van der Waals surface area contributed by atoms with Gasteiger partial charge in [0.25, 0.3) is 5.91 Å². The first-order valence-electron chi connectivity index (χ1n) is 12.7. The summed E-state index contributed by atoms with van der Waals surface area (Å²) < 4.78 is 11.9. The van der Waals surface area contributed by atoms with E-state index in [9.17, 15) is 9.59 Å². The summed E-state index contributed by atoms with van der Waals surface area (Å²) in [6, 6.07) is 9.03. The molecule has 3 heterocycles. The average molecular weight is 491 g/mol. The lowest BCUT2D eigenvalue weighted by atomic mass is 10.2. The number of morpholine rings is 1. The van der Waals surface area contributed by atoms with Crippen LogP contribution >= 0.6 is 0 Å². The lowest BCUT2D eigenvalue weighted by Crippen LogP contribution is -2.48. The quantitative estimate of drug-likeness (QED) is 0.698. The molecule has 3 aliphatic rings. The van der Waals surface area contributed by atoms with E-state index in [1.54, 1.807) is 0 Å². The van der Waals surface area contributed by atoms with Crippen LogP contribution in [0.1, 0.15) is 30.8 Å². The molecule has 1 N–H and O–H groups in total. The third-order valence-corrected chi connectivity index (χ3v) is 6.93. The lowest BCUT2D eigenvalue weighted by Gasteiger charge is -2.36. The Hall–Kier alpha value is -3.36. The molecule has 2 saturated heterocycles. The molecular formula is C28H34N4O4. The Morgan fingerprint density at radius 1 is 1.00 bits per heavy atom. The van der Waals surface area contributed by atoms with Gasteiger partial charge < -0.3 is 29.2 Å². The van der Waals surface area contributed by atoms with Gasteiger partial charge >= 0.3 is 0 Å². The minimum atomic E-state index is -0.442. The van der Waals surface area contributed by atoms with Crippen LogP contribution < -0.4 is 26.3 Å². The number of rotatable bonds is 4. The van der Waals surface area contributed by atoms with Gasteiger partial charge in [0.05, 0.1) is 23.1 Å². The second-order valence-electron chi connectivity index (χ2n) is 9.90. The number of nitrogens with one attached hydrogen (secondary N) is 1. The zero-order valence-electron chi connectivity index (χ0n) is 21.2. The van der Waals surface area contributed by atoms with E-state index in [-0.39, 0.29) is 23.4 Å². The van der Waals surface area contributed by atoms with E-state index in [1.807, 2.05) is 42.5 Å². The molecule has 8 heteroatoms. The predicted octanol–water partition coefficient (Wildman–Crippen LogP) is 1.60. The molecule has 1 aromatic heterocycles. The Morgan fingerprint density at radius 3 is 2.39 bits per heavy atom. The van der Waals surface area contributed by atoms with Gasteiger partial charge in [-0.1, -0.05) is 12.2 Å². The summed E-state index contributed by atoms with van der Waals surface area (Å²) in [6.07, 6.45) is 6.89. The Morgan fingerprint density at radius 2 is 1.69 bits per heavy atom. The monoisotopic (exact) mass is 490 g/mol. The number of hydrogen-bond acceptors (Lipinski definition) is 7. The Kier molecular flexibility index (Phi) is 6.98. The first-order chi connectivity index (χ1) is 17.4. The van der Waals surface area contributed by atoms with Crippen molar-refractivity contribution in [3.05, 3.63) is 69.1 Å². The number of fused-ring (bicyclic) bond motifs is 1. The molecule has 1 aliphatic carbocycles. The van der Waals surface area contributed by atoms with Crippen molar-refractivity contribution in [2.45, 2.75) is 32.5 Å². The van der Waals surface area contributed by atoms with Crippen LogP contribution in [0.2, 0.25) is 0 Å². The molecule has 0 saturated carbocycles. The lowest BCUT2D eigenvalue weighted by molar-refractivity contribution is -0.00521. The normalized spacial score (nSPS) is 22.6. The Balaban J connectivity index is 1.40. The zero-order chi connectivity index (χ0) is 25.2. The number of carbonyl (C=O) groups excluding carboxylic acids is 1. The average Bonchev–Trinajstić information content (AvgIpc) is 3.07. The summed E-state index contributed by atoms with van der Waals surface area (Å²) in [6.45, 7) is 9.34. The van der Waals surface area contributed by atoms with Crippen molar-refractivity contribution >= 4 is 29.1 Å². The van der Waals surface area contributed by atoms with Gasteiger partial charge in [0.1, 0.15) is 0 Å². The molecule has 2 fully saturated rings. The number of allylic oxidation sites excluding steroid dienone is 1. The van der Waals surface area contributed by atoms with E-state index < -0.39 is 5.91 Å². The summed E-state index contributed by atoms with van der Waals surface area (Å²) in [5, 5.41) is 3.40. The van der Waals surface area contributed by atoms with E-state index in [4.69, 9.17) is 9.15 Å². The van der Waals surface area contributed by atoms with E-state index in [0.29, 0.717) is 22.7 Å². The summed E-state index contributed by atoms with van der Waals surface area (Å²) in [5.41, 5.74) is 2.85. The maximum atomic E-state index is 13.1. The second kappa shape index (κ2) is 10.3. The number of piperazine rings is 1. The van der Waals surface area contributed by atoms with Crippen LogP contribution in [0, 0.1) is 0 Å². The molecule has 2 atom stereocenters. The number of anilines is 2. The van der Waals surface area contributed by atoms with Crippen LogP contribution in [0.4, 0.5) is 11.4 Å². The molecule has 0 radical (unpaired) electrons. The van der Waals surface area contributed by atoms with E-state index in [1.165, 1.54) is 6.07 Å². The number of nitrogens with zero attached hydrogens (tertiary/aromatic N) is 3. The maximum absolute atomic E-state index is 13.1. The van der Waals surface area contributed by atoms with Crippen molar-refractivity contribution in [1.82, 2.24) is 9.80 Å². The van der Waals surface area contributed by atoms with Crippen molar-refractivity contribution in [3.8, 4) is 0 Å². The minimum Gasteiger partial charge on any atom is -0.448 e. The van der Waals surface area contributed by atoms with Gasteiger partial charge in [-0.2, -0.15) is 0 Å². The van der Waals surface area contributed by atoms with E-state index in [2.05, 4.69) is 40.9 Å². The number of likely N-dealkylation sites (N-methyl/N-ethyl adjacent to an activating group) is 1. The second-order valence-corrected chi connectivity index (χ2v) is 9.90. The standard InChI is InChI=1S/C28H34N4O4/c1-19-17-32(18-20(2)35-19)22-10-8-21(9-11-22)29-28(34)26-16-25(33)23-6-4-5-7-24(27(23)36-26)31-14-12-30(3)13-15-31/h5-11,16,19-20H,4,12-15,17-18H2,1-3H3,(H,29,34). The topological polar surface area (TPSA) is 78.3 Å². The number of benzene rings is 1. The molecule has 5 rings (SSSR count). The maximum Gasteiger partial charge on any atom is 0.291 e. The van der Waals surface area contributed by atoms with Crippen molar-refractivity contribution in [2.24, 2.45) is 0 Å². The van der Waals surface area contributed by atoms with Gasteiger partial charge in [-0.3, -0.25) is 9.59 Å². The van der Waals surface area contributed by atoms with Crippen LogP contribution in [0.25, 0.3) is 11.8 Å². The van der Waals surface area contributed by atoms with Gasteiger partial charge in [-0.15, -0.1) is 0 Å². The highest BCUT2D eigenvalue weighted by Gasteiger charge is 2.23. The fourth-order valence-electron chi connectivity index (χ4n) is 5.07. The highest BCUT2D eigenvalue weighted by atomic mass is 16.5. The van der Waals surface area contributed by atoms with Crippen LogP contribution in [-0.2, 0) is 4.74 Å². The van der Waals surface area contributed by atoms with Gasteiger partial charge in [0.2, 0.25) is 0 Å². The summed E-state index contributed by atoms with van der Waals surface area (Å²) >= 11 is 0. The Bertz CT molecular complexity index is 1310.